The molecule has 0 radical (unpaired) electrons. The molecule has 0 aliphatic heterocycles. The van der Waals surface area contributed by atoms with Crippen LogP contribution >= 0.6 is 0 Å². The molecule has 0 aliphatic rings. The van der Waals surface area contributed by atoms with Crippen LogP contribution in [0, 0.1) is 11.6 Å². The van der Waals surface area contributed by atoms with Crippen LogP contribution < -0.4 is 16.2 Å². The molecule has 0 heterocycles. The van der Waals surface area contributed by atoms with Crippen LogP contribution in [0.3, 0.4) is 0 Å². The minimum absolute atomic E-state index is 0.0885. The molecule has 0 spiro atoms. The van der Waals surface area contributed by atoms with Crippen molar-refractivity contribution in [2.45, 2.75) is 6.04 Å². The Labute approximate surface area is 84.8 Å². The fourth-order valence-corrected chi connectivity index (χ4v) is 0.835. The van der Waals surface area contributed by atoms with E-state index in [9.17, 15) is 13.6 Å². The van der Waals surface area contributed by atoms with Gasteiger partial charge in [0.1, 0.15) is 18.4 Å². The smallest absolute Gasteiger partial charge is 0.237 e. The molecule has 6 heteroatoms. The van der Waals surface area contributed by atoms with E-state index in [0.717, 1.165) is 12.1 Å². The van der Waals surface area contributed by atoms with Crippen LogP contribution in [0.15, 0.2) is 18.2 Å². The van der Waals surface area contributed by atoms with Crippen molar-refractivity contribution in [3.05, 3.63) is 29.8 Å². The summed E-state index contributed by atoms with van der Waals surface area (Å²) in [7, 11) is 0. The fourth-order valence-electron chi connectivity index (χ4n) is 0.835. The molecule has 4 N–H and O–H groups in total. The van der Waals surface area contributed by atoms with Gasteiger partial charge < -0.3 is 16.2 Å². The van der Waals surface area contributed by atoms with Gasteiger partial charge in [-0.1, -0.05) is 0 Å². The minimum Gasteiger partial charge on any atom is -0.491 e. The summed E-state index contributed by atoms with van der Waals surface area (Å²) in [6.07, 6.45) is 0. The molecule has 0 saturated carbocycles. The van der Waals surface area contributed by atoms with Gasteiger partial charge >= 0.3 is 0 Å². The lowest BCUT2D eigenvalue weighted by Crippen LogP contribution is -2.41. The number of primary amides is 1. The predicted molar refractivity (Wildman–Crippen MR) is 49.0 cm³/mol. The summed E-state index contributed by atoms with van der Waals surface area (Å²) in [6, 6.07) is 2.04. The van der Waals surface area contributed by atoms with Gasteiger partial charge in [0.15, 0.2) is 11.6 Å². The Balaban J connectivity index is 2.58. The van der Waals surface area contributed by atoms with Gasteiger partial charge in [-0.15, -0.1) is 0 Å². The predicted octanol–water partition coefficient (Wildman–Crippen LogP) is 0.156. The first kappa shape index (κ1) is 11.4. The summed E-state index contributed by atoms with van der Waals surface area (Å²) < 4.78 is 30.1. The maximum absolute atomic E-state index is 12.7. The Hall–Kier alpha value is -1.69. The monoisotopic (exact) mass is 216 g/mol. The Bertz CT molecular complexity index is 371. The Kier molecular flexibility index (Phi) is 3.56. The average molecular weight is 216 g/mol. The van der Waals surface area contributed by atoms with E-state index in [1.54, 1.807) is 0 Å². The average Bonchev–Trinajstić information content (AvgIpc) is 2.19. The first-order valence-corrected chi connectivity index (χ1v) is 4.13. The fraction of sp³-hybridized carbons (Fsp3) is 0.222. The quantitative estimate of drug-likeness (QED) is 0.752. The molecular weight excluding hydrogens is 206 g/mol. The highest BCUT2D eigenvalue weighted by Gasteiger charge is 2.10. The number of rotatable bonds is 4. The van der Waals surface area contributed by atoms with Crippen molar-refractivity contribution in [1.82, 2.24) is 0 Å². The standard InChI is InChI=1S/C9H10F2N2O2/c10-6-2-1-5(3-7(6)11)15-4-8(12)9(13)14/h1-3,8H,4,12H2,(H2,13,14). The molecule has 15 heavy (non-hydrogen) atoms. The van der Waals surface area contributed by atoms with Crippen molar-refractivity contribution in [3.63, 3.8) is 0 Å². The third kappa shape index (κ3) is 3.17. The Morgan fingerprint density at radius 3 is 2.60 bits per heavy atom. The molecule has 0 aliphatic carbocycles. The molecule has 0 fully saturated rings. The molecule has 0 saturated heterocycles. The van der Waals surface area contributed by atoms with Gasteiger partial charge in [-0.3, -0.25) is 4.79 Å². The highest BCUT2D eigenvalue weighted by atomic mass is 19.2. The van der Waals surface area contributed by atoms with E-state index in [1.807, 2.05) is 0 Å². The van der Waals surface area contributed by atoms with E-state index < -0.39 is 23.6 Å². The second kappa shape index (κ2) is 4.70. The van der Waals surface area contributed by atoms with Crippen molar-refractivity contribution < 1.29 is 18.3 Å². The van der Waals surface area contributed by atoms with Crippen LogP contribution in [0.1, 0.15) is 0 Å². The zero-order valence-corrected chi connectivity index (χ0v) is 7.74. The van der Waals surface area contributed by atoms with Crippen molar-refractivity contribution in [2.75, 3.05) is 6.61 Å². The van der Waals surface area contributed by atoms with Crippen LogP contribution in [0.4, 0.5) is 8.78 Å². The number of hydrogen-bond acceptors (Lipinski definition) is 3. The van der Waals surface area contributed by atoms with Crippen LogP contribution in [0.2, 0.25) is 0 Å². The maximum Gasteiger partial charge on any atom is 0.237 e. The molecular formula is C9H10F2N2O2. The van der Waals surface area contributed by atoms with Crippen LogP contribution in [-0.4, -0.2) is 18.6 Å². The number of ether oxygens (including phenoxy) is 1. The van der Waals surface area contributed by atoms with E-state index in [1.165, 1.54) is 6.07 Å². The molecule has 0 bridgehead atoms. The number of carbonyl (C=O) groups is 1. The highest BCUT2D eigenvalue weighted by Crippen LogP contribution is 2.15. The summed E-state index contributed by atoms with van der Waals surface area (Å²) >= 11 is 0. The highest BCUT2D eigenvalue weighted by molar-refractivity contribution is 5.79. The van der Waals surface area contributed by atoms with Crippen molar-refractivity contribution in [1.29, 1.82) is 0 Å². The van der Waals surface area contributed by atoms with Gasteiger partial charge in [-0.05, 0) is 12.1 Å². The summed E-state index contributed by atoms with van der Waals surface area (Å²) in [6.45, 7) is -0.180. The third-order valence-corrected chi connectivity index (χ3v) is 1.69. The molecule has 1 aromatic carbocycles. The van der Waals surface area contributed by atoms with E-state index >= 15 is 0 Å². The van der Waals surface area contributed by atoms with Gasteiger partial charge in [-0.2, -0.15) is 0 Å². The minimum atomic E-state index is -1.03. The molecule has 1 aromatic rings. The lowest BCUT2D eigenvalue weighted by molar-refractivity contribution is -0.119. The maximum atomic E-state index is 12.7. The molecule has 1 rings (SSSR count). The van der Waals surface area contributed by atoms with E-state index in [0.29, 0.717) is 0 Å². The Morgan fingerprint density at radius 2 is 2.07 bits per heavy atom. The molecule has 82 valence electrons. The van der Waals surface area contributed by atoms with E-state index in [2.05, 4.69) is 0 Å². The number of hydrogen-bond donors (Lipinski definition) is 2. The van der Waals surface area contributed by atoms with E-state index in [-0.39, 0.29) is 12.4 Å². The molecule has 4 nitrogen and oxygen atoms in total. The topological polar surface area (TPSA) is 78.3 Å². The van der Waals surface area contributed by atoms with Crippen LogP contribution in [0.5, 0.6) is 5.75 Å². The Morgan fingerprint density at radius 1 is 1.40 bits per heavy atom. The summed E-state index contributed by atoms with van der Waals surface area (Å²) in [5.41, 5.74) is 10.1. The summed E-state index contributed by atoms with van der Waals surface area (Å²) in [4.78, 5) is 10.5. The van der Waals surface area contributed by atoms with Gasteiger partial charge in [0.05, 0.1) is 0 Å². The summed E-state index contributed by atoms with van der Waals surface area (Å²) in [5, 5.41) is 0. The van der Waals surface area contributed by atoms with Gasteiger partial charge in [-0.25, -0.2) is 8.78 Å². The van der Waals surface area contributed by atoms with Crippen molar-refractivity contribution in [3.8, 4) is 5.75 Å². The van der Waals surface area contributed by atoms with Crippen molar-refractivity contribution in [2.24, 2.45) is 11.5 Å². The van der Waals surface area contributed by atoms with Crippen molar-refractivity contribution >= 4 is 5.91 Å². The van der Waals surface area contributed by atoms with Gasteiger partial charge in [0.2, 0.25) is 5.91 Å². The molecule has 1 atom stereocenters. The largest absolute Gasteiger partial charge is 0.491 e. The third-order valence-electron chi connectivity index (χ3n) is 1.69. The summed E-state index contributed by atoms with van der Waals surface area (Å²) in [5.74, 6) is -2.63. The number of halogens is 2. The molecule has 0 aromatic heterocycles. The number of nitrogens with two attached hydrogens (primary N) is 2. The SMILES string of the molecule is NC(=O)C(N)COc1ccc(F)c(F)c1. The zero-order chi connectivity index (χ0) is 11.4. The van der Waals surface area contributed by atoms with E-state index in [4.69, 9.17) is 16.2 Å². The number of amides is 1. The lowest BCUT2D eigenvalue weighted by atomic mass is 10.3. The first-order chi connectivity index (χ1) is 7.00. The second-order valence-electron chi connectivity index (χ2n) is 2.90. The first-order valence-electron chi connectivity index (χ1n) is 4.13. The van der Waals surface area contributed by atoms with Crippen LogP contribution in [-0.2, 0) is 4.79 Å². The van der Waals surface area contributed by atoms with Gasteiger partial charge in [0, 0.05) is 6.07 Å². The molecule has 1 amide bonds. The second-order valence-corrected chi connectivity index (χ2v) is 2.90. The zero-order valence-electron chi connectivity index (χ0n) is 7.74. The number of carbonyl (C=O) groups excluding carboxylic acids is 1. The van der Waals surface area contributed by atoms with Crippen LogP contribution in [0.25, 0.3) is 0 Å². The van der Waals surface area contributed by atoms with Gasteiger partial charge in [0.25, 0.3) is 0 Å². The normalized spacial score (nSPS) is 12.2. The number of benzene rings is 1. The lowest BCUT2D eigenvalue weighted by Gasteiger charge is -2.09. The molecule has 1 unspecified atom stereocenters.